The Morgan fingerprint density at radius 3 is 1.27 bits per heavy atom. The maximum atomic E-state index is 12.5. The summed E-state index contributed by atoms with van der Waals surface area (Å²) in [5, 5.41) is 0. The molecule has 0 heterocycles. The van der Waals surface area contributed by atoms with E-state index in [4.69, 9.17) is 9.47 Å². The van der Waals surface area contributed by atoms with Gasteiger partial charge in [0.1, 0.15) is 17.1 Å². The van der Waals surface area contributed by atoms with Crippen molar-refractivity contribution in [2.24, 2.45) is 5.41 Å². The SMILES string of the molecule is CC(C)(C)Oc1ccc(C(c2ccccc2)(c2ccccc2)c2ccc(OC(=O)C(C)(C)C)cc2)cc1. The maximum absolute atomic E-state index is 12.5. The molecule has 37 heavy (non-hydrogen) atoms. The van der Waals surface area contributed by atoms with Gasteiger partial charge in [-0.15, -0.1) is 0 Å². The van der Waals surface area contributed by atoms with E-state index in [1.807, 2.05) is 77.9 Å². The van der Waals surface area contributed by atoms with Gasteiger partial charge in [0.05, 0.1) is 10.8 Å². The number of benzene rings is 4. The van der Waals surface area contributed by atoms with Crippen molar-refractivity contribution >= 4 is 5.97 Å². The summed E-state index contributed by atoms with van der Waals surface area (Å²) in [4.78, 5) is 12.5. The first-order valence-electron chi connectivity index (χ1n) is 12.7. The van der Waals surface area contributed by atoms with Crippen LogP contribution in [0.5, 0.6) is 11.5 Å². The Morgan fingerprint density at radius 1 is 0.514 bits per heavy atom. The van der Waals surface area contributed by atoms with Crippen LogP contribution >= 0.6 is 0 Å². The molecule has 3 heteroatoms. The van der Waals surface area contributed by atoms with E-state index in [1.54, 1.807) is 0 Å². The highest BCUT2D eigenvalue weighted by Gasteiger charge is 2.38. The molecule has 0 spiro atoms. The summed E-state index contributed by atoms with van der Waals surface area (Å²) in [5.74, 6) is 1.11. The van der Waals surface area contributed by atoms with Crippen molar-refractivity contribution in [1.29, 1.82) is 0 Å². The molecule has 0 radical (unpaired) electrons. The summed E-state index contributed by atoms with van der Waals surface area (Å²) in [6.45, 7) is 11.7. The molecule has 0 saturated carbocycles. The molecule has 3 nitrogen and oxygen atoms in total. The Labute approximate surface area is 221 Å². The average molecular weight is 493 g/mol. The molecule has 0 aliphatic carbocycles. The van der Waals surface area contributed by atoms with E-state index in [0.29, 0.717) is 5.75 Å². The lowest BCUT2D eigenvalue weighted by Gasteiger charge is -2.37. The number of hydrogen-bond donors (Lipinski definition) is 0. The zero-order valence-electron chi connectivity index (χ0n) is 22.6. The zero-order chi connectivity index (χ0) is 26.7. The molecule has 0 fully saturated rings. The third-order valence-electron chi connectivity index (χ3n) is 6.24. The van der Waals surface area contributed by atoms with Crippen molar-refractivity contribution in [3.63, 3.8) is 0 Å². The Kier molecular flexibility index (Phi) is 7.27. The van der Waals surface area contributed by atoms with Crippen molar-refractivity contribution in [3.05, 3.63) is 131 Å². The van der Waals surface area contributed by atoms with E-state index >= 15 is 0 Å². The molecular weight excluding hydrogens is 456 g/mol. The van der Waals surface area contributed by atoms with E-state index in [1.165, 1.54) is 0 Å². The molecule has 0 unspecified atom stereocenters. The first-order chi connectivity index (χ1) is 17.5. The summed E-state index contributed by atoms with van der Waals surface area (Å²) in [5.41, 5.74) is 3.03. The fraction of sp³-hybridized carbons (Fsp3) is 0.265. The predicted molar refractivity (Wildman–Crippen MR) is 150 cm³/mol. The van der Waals surface area contributed by atoms with Crippen molar-refractivity contribution in [2.75, 3.05) is 0 Å². The number of ether oxygens (including phenoxy) is 2. The van der Waals surface area contributed by atoms with Crippen molar-refractivity contribution in [3.8, 4) is 11.5 Å². The van der Waals surface area contributed by atoms with E-state index in [-0.39, 0.29) is 11.6 Å². The van der Waals surface area contributed by atoms with Crippen molar-refractivity contribution in [1.82, 2.24) is 0 Å². The number of hydrogen-bond acceptors (Lipinski definition) is 3. The lowest BCUT2D eigenvalue weighted by Crippen LogP contribution is -2.31. The highest BCUT2D eigenvalue weighted by Crippen LogP contribution is 2.46. The van der Waals surface area contributed by atoms with Crippen LogP contribution in [-0.4, -0.2) is 11.6 Å². The third kappa shape index (κ3) is 5.77. The molecule has 0 bridgehead atoms. The number of carbonyl (C=O) groups is 1. The molecule has 0 amide bonds. The van der Waals surface area contributed by atoms with Gasteiger partial charge in [0.15, 0.2) is 0 Å². The van der Waals surface area contributed by atoms with Crippen LogP contribution in [0.15, 0.2) is 109 Å². The van der Waals surface area contributed by atoms with E-state index in [2.05, 4.69) is 72.8 Å². The minimum Gasteiger partial charge on any atom is -0.488 e. The minimum absolute atomic E-state index is 0.257. The van der Waals surface area contributed by atoms with E-state index in [0.717, 1.165) is 28.0 Å². The van der Waals surface area contributed by atoms with E-state index in [9.17, 15) is 4.79 Å². The Bertz CT molecular complexity index is 1270. The van der Waals surface area contributed by atoms with Crippen LogP contribution in [0.1, 0.15) is 63.8 Å². The van der Waals surface area contributed by atoms with Crippen molar-refractivity contribution < 1.29 is 14.3 Å². The van der Waals surface area contributed by atoms with Crippen LogP contribution in [0.3, 0.4) is 0 Å². The Hall–Kier alpha value is -3.85. The monoisotopic (exact) mass is 492 g/mol. The molecular formula is C34H36O3. The van der Waals surface area contributed by atoms with Gasteiger partial charge >= 0.3 is 5.97 Å². The molecule has 0 N–H and O–H groups in total. The average Bonchev–Trinajstić information content (AvgIpc) is 2.86. The van der Waals surface area contributed by atoms with Gasteiger partial charge in [-0.05, 0) is 88.1 Å². The fourth-order valence-electron chi connectivity index (χ4n) is 4.54. The molecule has 0 saturated heterocycles. The van der Waals surface area contributed by atoms with Gasteiger partial charge < -0.3 is 9.47 Å². The van der Waals surface area contributed by atoms with Gasteiger partial charge in [-0.2, -0.15) is 0 Å². The third-order valence-corrected chi connectivity index (χ3v) is 6.24. The highest BCUT2D eigenvalue weighted by atomic mass is 16.5. The summed E-state index contributed by atoms with van der Waals surface area (Å²) in [6.07, 6.45) is 0. The van der Waals surface area contributed by atoms with Crippen LogP contribution in [0.4, 0.5) is 0 Å². The molecule has 4 aromatic rings. The minimum atomic E-state index is -0.588. The van der Waals surface area contributed by atoms with Crippen LogP contribution < -0.4 is 9.47 Å². The fourth-order valence-corrected chi connectivity index (χ4v) is 4.54. The largest absolute Gasteiger partial charge is 0.488 e. The normalized spacial score (nSPS) is 12.2. The van der Waals surface area contributed by atoms with Crippen LogP contribution in [0.25, 0.3) is 0 Å². The predicted octanol–water partition coefficient (Wildman–Crippen LogP) is 8.20. The van der Waals surface area contributed by atoms with Gasteiger partial charge in [-0.25, -0.2) is 0 Å². The lowest BCUT2D eigenvalue weighted by molar-refractivity contribution is -0.143. The summed E-state index contributed by atoms with van der Waals surface area (Å²) >= 11 is 0. The summed E-state index contributed by atoms with van der Waals surface area (Å²) in [6, 6.07) is 37.3. The number of esters is 1. The summed E-state index contributed by atoms with van der Waals surface area (Å²) < 4.78 is 11.8. The molecule has 4 rings (SSSR count). The quantitative estimate of drug-likeness (QED) is 0.155. The second-order valence-electron chi connectivity index (χ2n) is 11.4. The van der Waals surface area contributed by atoms with Gasteiger partial charge in [-0.3, -0.25) is 4.79 Å². The van der Waals surface area contributed by atoms with Crippen LogP contribution in [0.2, 0.25) is 0 Å². The molecule has 0 atom stereocenters. The molecule has 0 aliphatic rings. The first-order valence-corrected chi connectivity index (χ1v) is 12.7. The van der Waals surface area contributed by atoms with Crippen LogP contribution in [-0.2, 0) is 10.2 Å². The van der Waals surface area contributed by atoms with Gasteiger partial charge in [-0.1, -0.05) is 84.9 Å². The first kappa shape index (κ1) is 26.2. The standard InChI is InChI=1S/C34H36O3/c1-32(2,3)31(35)36-29-21-17-27(18-22-29)34(25-13-9-7-10-14-25,26-15-11-8-12-16-26)28-19-23-30(24-20-28)37-33(4,5)6/h7-24H,1-6H3. The maximum Gasteiger partial charge on any atom is 0.316 e. The van der Waals surface area contributed by atoms with Gasteiger partial charge in [0, 0.05) is 0 Å². The second-order valence-corrected chi connectivity index (χ2v) is 11.4. The Balaban J connectivity index is 1.90. The number of rotatable bonds is 6. The topological polar surface area (TPSA) is 35.5 Å². The highest BCUT2D eigenvalue weighted by molar-refractivity contribution is 5.78. The van der Waals surface area contributed by atoms with Gasteiger partial charge in [0.25, 0.3) is 0 Å². The summed E-state index contributed by atoms with van der Waals surface area (Å²) in [7, 11) is 0. The second kappa shape index (κ2) is 10.3. The van der Waals surface area contributed by atoms with Crippen molar-refractivity contribution in [2.45, 2.75) is 52.6 Å². The molecule has 0 aromatic heterocycles. The lowest BCUT2D eigenvalue weighted by atomic mass is 9.65. The molecule has 4 aromatic carbocycles. The van der Waals surface area contributed by atoms with E-state index < -0.39 is 10.8 Å². The molecule has 0 aliphatic heterocycles. The van der Waals surface area contributed by atoms with Crippen LogP contribution in [0, 0.1) is 5.41 Å². The Morgan fingerprint density at radius 2 is 0.892 bits per heavy atom. The smallest absolute Gasteiger partial charge is 0.316 e. The zero-order valence-corrected chi connectivity index (χ0v) is 22.6. The van der Waals surface area contributed by atoms with Gasteiger partial charge in [0.2, 0.25) is 0 Å². The molecule has 190 valence electrons. The number of carbonyl (C=O) groups excluding carboxylic acids is 1.